The molecule has 1 aromatic heterocycles. The van der Waals surface area contributed by atoms with E-state index in [1.165, 1.54) is 58.0 Å². The molecule has 2 aliphatic heterocycles. The molecule has 1 saturated carbocycles. The maximum atomic E-state index is 13.2. The summed E-state index contributed by atoms with van der Waals surface area (Å²) in [5.41, 5.74) is 1.13. The maximum absolute atomic E-state index is 13.2. The molecule has 5 heteroatoms. The minimum absolute atomic E-state index is 0.233. The van der Waals surface area contributed by atoms with Gasteiger partial charge in [-0.1, -0.05) is 25.3 Å². The van der Waals surface area contributed by atoms with Gasteiger partial charge >= 0.3 is 6.03 Å². The van der Waals surface area contributed by atoms with Gasteiger partial charge in [0.25, 0.3) is 0 Å². The number of carbonyl (C=O) groups is 1. The number of carbonyl (C=O) groups excluding carboxylic acids is 1. The van der Waals surface area contributed by atoms with Gasteiger partial charge in [-0.15, -0.1) is 0 Å². The molecule has 4 rings (SSSR count). The molecular weight excluding hydrogens is 348 g/mol. The number of pyridine rings is 1. The summed E-state index contributed by atoms with van der Waals surface area (Å²) in [6.07, 6.45) is 15.5. The Morgan fingerprint density at radius 1 is 1.04 bits per heavy atom. The number of rotatable bonds is 5. The third kappa shape index (κ3) is 5.05. The van der Waals surface area contributed by atoms with E-state index >= 15 is 0 Å². The normalized spacial score (nSPS) is 24.4. The number of urea groups is 1. The molecule has 1 atom stereocenters. The van der Waals surface area contributed by atoms with Crippen LogP contribution in [0.1, 0.15) is 63.4 Å². The van der Waals surface area contributed by atoms with Crippen LogP contribution in [0.15, 0.2) is 24.5 Å². The predicted octanol–water partition coefficient (Wildman–Crippen LogP) is 4.14. The van der Waals surface area contributed by atoms with E-state index in [1.807, 2.05) is 12.3 Å². The minimum atomic E-state index is 0.233. The van der Waals surface area contributed by atoms with Crippen LogP contribution in [0.2, 0.25) is 0 Å². The van der Waals surface area contributed by atoms with E-state index in [4.69, 9.17) is 0 Å². The average Bonchev–Trinajstić information content (AvgIpc) is 3.29. The summed E-state index contributed by atoms with van der Waals surface area (Å²) in [7, 11) is 0. The summed E-state index contributed by atoms with van der Waals surface area (Å²) in [6, 6.07) is 5.08. The Hall–Kier alpha value is -1.62. The van der Waals surface area contributed by atoms with E-state index < -0.39 is 0 Å². The molecule has 0 aromatic carbocycles. The third-order valence-electron chi connectivity index (χ3n) is 6.86. The minimum Gasteiger partial charge on any atom is -0.325 e. The molecule has 28 heavy (non-hydrogen) atoms. The fourth-order valence-electron chi connectivity index (χ4n) is 5.37. The zero-order valence-corrected chi connectivity index (χ0v) is 17.3. The third-order valence-corrected chi connectivity index (χ3v) is 6.86. The Labute approximate surface area is 170 Å². The zero-order chi connectivity index (χ0) is 19.2. The van der Waals surface area contributed by atoms with E-state index in [0.29, 0.717) is 12.5 Å². The highest BCUT2D eigenvalue weighted by molar-refractivity contribution is 5.74. The Bertz CT molecular complexity index is 610. The fraction of sp³-hybridized carbons (Fsp3) is 0.739. The van der Waals surface area contributed by atoms with Gasteiger partial charge in [0.05, 0.1) is 0 Å². The quantitative estimate of drug-likeness (QED) is 0.766. The van der Waals surface area contributed by atoms with Crippen molar-refractivity contribution < 1.29 is 4.79 Å². The summed E-state index contributed by atoms with van der Waals surface area (Å²) in [5, 5.41) is 0. The van der Waals surface area contributed by atoms with Crippen molar-refractivity contribution in [3.05, 3.63) is 30.1 Å². The van der Waals surface area contributed by atoms with Crippen molar-refractivity contribution in [3.8, 4) is 0 Å². The molecule has 154 valence electrons. The first kappa shape index (κ1) is 19.7. The van der Waals surface area contributed by atoms with Gasteiger partial charge in [0.15, 0.2) is 0 Å². The Morgan fingerprint density at radius 3 is 2.61 bits per heavy atom. The number of likely N-dealkylation sites (tertiary alicyclic amines) is 2. The maximum Gasteiger partial charge on any atom is 0.320 e. The Balaban J connectivity index is 1.41. The number of hydrogen-bond donors (Lipinski definition) is 0. The van der Waals surface area contributed by atoms with Gasteiger partial charge in [0.2, 0.25) is 0 Å². The van der Waals surface area contributed by atoms with E-state index in [9.17, 15) is 4.79 Å². The Morgan fingerprint density at radius 2 is 1.86 bits per heavy atom. The molecule has 2 saturated heterocycles. The lowest BCUT2D eigenvalue weighted by Crippen LogP contribution is -2.49. The topological polar surface area (TPSA) is 39.7 Å². The van der Waals surface area contributed by atoms with Gasteiger partial charge in [-0.25, -0.2) is 4.79 Å². The predicted molar refractivity (Wildman–Crippen MR) is 112 cm³/mol. The summed E-state index contributed by atoms with van der Waals surface area (Å²) >= 11 is 0. The smallest absolute Gasteiger partial charge is 0.320 e. The van der Waals surface area contributed by atoms with Crippen LogP contribution >= 0.6 is 0 Å². The first-order chi connectivity index (χ1) is 13.8. The molecule has 2 amide bonds. The summed E-state index contributed by atoms with van der Waals surface area (Å²) < 4.78 is 0. The second-order valence-corrected chi connectivity index (χ2v) is 9.01. The van der Waals surface area contributed by atoms with E-state index in [1.54, 1.807) is 6.20 Å². The SMILES string of the molecule is O=C(N1CCCC1)N(Cc1cccnc1)CC1CCCN(C2CCCCC2)C1. The van der Waals surface area contributed by atoms with Crippen molar-refractivity contribution in [2.24, 2.45) is 5.92 Å². The molecule has 0 spiro atoms. The van der Waals surface area contributed by atoms with Gasteiger partial charge in [0, 0.05) is 51.2 Å². The standard InChI is InChI=1S/C23H36N4O/c28-23(25-13-4-5-14-25)27(17-20-8-6-12-24-16-20)19-21-9-7-15-26(18-21)22-10-2-1-3-11-22/h6,8,12,16,21-22H,1-5,7,9-11,13-15,17-19H2. The van der Waals surface area contributed by atoms with E-state index in [2.05, 4.69) is 25.8 Å². The van der Waals surface area contributed by atoms with Crippen LogP contribution in [0.5, 0.6) is 0 Å². The molecule has 3 heterocycles. The second-order valence-electron chi connectivity index (χ2n) is 9.01. The van der Waals surface area contributed by atoms with Crippen molar-refractivity contribution in [2.75, 3.05) is 32.7 Å². The van der Waals surface area contributed by atoms with Crippen LogP contribution < -0.4 is 0 Å². The van der Waals surface area contributed by atoms with Crippen LogP contribution in [0.25, 0.3) is 0 Å². The number of nitrogens with zero attached hydrogens (tertiary/aromatic N) is 4. The zero-order valence-electron chi connectivity index (χ0n) is 17.3. The van der Waals surface area contributed by atoms with Gasteiger partial charge in [-0.2, -0.15) is 0 Å². The molecule has 3 fully saturated rings. The fourth-order valence-corrected chi connectivity index (χ4v) is 5.37. The molecule has 0 radical (unpaired) electrons. The van der Waals surface area contributed by atoms with Crippen molar-refractivity contribution in [2.45, 2.75) is 70.4 Å². The van der Waals surface area contributed by atoms with Gasteiger partial charge in [-0.05, 0) is 62.6 Å². The molecular formula is C23H36N4O. The number of hydrogen-bond acceptors (Lipinski definition) is 3. The van der Waals surface area contributed by atoms with Crippen molar-refractivity contribution >= 4 is 6.03 Å². The molecule has 3 aliphatic rings. The van der Waals surface area contributed by atoms with Gasteiger partial charge in [0.1, 0.15) is 0 Å². The lowest BCUT2D eigenvalue weighted by Gasteiger charge is -2.41. The van der Waals surface area contributed by atoms with Crippen molar-refractivity contribution in [1.82, 2.24) is 19.7 Å². The molecule has 1 aliphatic carbocycles. The average molecular weight is 385 g/mol. The molecule has 0 N–H and O–H groups in total. The second kappa shape index (κ2) is 9.73. The Kier molecular flexibility index (Phi) is 6.84. The van der Waals surface area contributed by atoms with Crippen LogP contribution in [-0.2, 0) is 6.54 Å². The van der Waals surface area contributed by atoms with E-state index in [0.717, 1.165) is 44.1 Å². The van der Waals surface area contributed by atoms with Crippen molar-refractivity contribution in [1.29, 1.82) is 0 Å². The monoisotopic (exact) mass is 384 g/mol. The lowest BCUT2D eigenvalue weighted by molar-refractivity contribution is 0.0795. The van der Waals surface area contributed by atoms with Crippen molar-refractivity contribution in [3.63, 3.8) is 0 Å². The highest BCUT2D eigenvalue weighted by Gasteiger charge is 2.30. The molecule has 1 aromatic rings. The first-order valence-corrected chi connectivity index (χ1v) is 11.5. The van der Waals surface area contributed by atoms with Gasteiger partial charge in [-0.3, -0.25) is 4.98 Å². The largest absolute Gasteiger partial charge is 0.325 e. The van der Waals surface area contributed by atoms with Crippen LogP contribution in [-0.4, -0.2) is 64.5 Å². The number of amides is 2. The molecule has 5 nitrogen and oxygen atoms in total. The molecule has 0 bridgehead atoms. The summed E-state index contributed by atoms with van der Waals surface area (Å²) in [5.74, 6) is 0.596. The van der Waals surface area contributed by atoms with Gasteiger partial charge < -0.3 is 14.7 Å². The number of aromatic nitrogens is 1. The highest BCUT2D eigenvalue weighted by Crippen LogP contribution is 2.28. The first-order valence-electron chi connectivity index (χ1n) is 11.5. The molecule has 1 unspecified atom stereocenters. The summed E-state index contributed by atoms with van der Waals surface area (Å²) in [6.45, 7) is 5.82. The van der Waals surface area contributed by atoms with E-state index in [-0.39, 0.29) is 6.03 Å². The number of piperidine rings is 1. The van der Waals surface area contributed by atoms with Crippen LogP contribution in [0.4, 0.5) is 4.79 Å². The summed E-state index contributed by atoms with van der Waals surface area (Å²) in [4.78, 5) is 24.4. The van der Waals surface area contributed by atoms with Crippen LogP contribution in [0.3, 0.4) is 0 Å². The lowest BCUT2D eigenvalue weighted by atomic mass is 9.90. The highest BCUT2D eigenvalue weighted by atomic mass is 16.2. The van der Waals surface area contributed by atoms with Crippen LogP contribution in [0, 0.1) is 5.92 Å².